The van der Waals surface area contributed by atoms with E-state index in [4.69, 9.17) is 21.1 Å². The van der Waals surface area contributed by atoms with E-state index in [1.807, 2.05) is 12.1 Å². The van der Waals surface area contributed by atoms with Crippen molar-refractivity contribution in [1.82, 2.24) is 4.98 Å². The third kappa shape index (κ3) is 3.55. The fraction of sp³-hybridized carbons (Fsp3) is 0.0526. The highest BCUT2D eigenvalue weighted by molar-refractivity contribution is 6.30. The molecule has 7 heteroatoms. The molecule has 0 radical (unpaired) electrons. The van der Waals surface area contributed by atoms with Gasteiger partial charge in [0.05, 0.1) is 0 Å². The lowest BCUT2D eigenvalue weighted by atomic mass is 10.2. The van der Waals surface area contributed by atoms with Crippen LogP contribution in [0.4, 0.5) is 17.2 Å². The van der Waals surface area contributed by atoms with Crippen LogP contribution in [0.3, 0.4) is 0 Å². The molecule has 1 aliphatic rings. The Hall–Kier alpha value is -3.25. The third-order valence-electron chi connectivity index (χ3n) is 3.75. The maximum atomic E-state index is 12.5. The quantitative estimate of drug-likeness (QED) is 0.712. The zero-order valence-corrected chi connectivity index (χ0v) is 14.3. The summed E-state index contributed by atoms with van der Waals surface area (Å²) >= 11 is 5.98. The Labute approximate surface area is 154 Å². The van der Waals surface area contributed by atoms with Crippen molar-refractivity contribution in [2.75, 3.05) is 17.4 Å². The number of nitrogens with zero attached hydrogens (tertiary/aromatic N) is 1. The fourth-order valence-corrected chi connectivity index (χ4v) is 2.72. The van der Waals surface area contributed by atoms with Gasteiger partial charge in [-0.25, -0.2) is 4.98 Å². The average molecular weight is 368 g/mol. The molecule has 0 aliphatic carbocycles. The summed E-state index contributed by atoms with van der Waals surface area (Å²) in [6, 6.07) is 15.8. The summed E-state index contributed by atoms with van der Waals surface area (Å²) < 4.78 is 10.6. The van der Waals surface area contributed by atoms with Gasteiger partial charge in [0, 0.05) is 34.2 Å². The second-order valence-corrected chi connectivity index (χ2v) is 6.02. The van der Waals surface area contributed by atoms with Crippen molar-refractivity contribution in [1.29, 1.82) is 0 Å². The predicted molar refractivity (Wildman–Crippen MR) is 99.5 cm³/mol. The molecule has 0 saturated heterocycles. The van der Waals surface area contributed by atoms with E-state index in [-0.39, 0.29) is 12.7 Å². The van der Waals surface area contributed by atoms with Crippen molar-refractivity contribution in [2.24, 2.45) is 0 Å². The molecule has 2 N–H and O–H groups in total. The second kappa shape index (κ2) is 6.93. The van der Waals surface area contributed by atoms with Gasteiger partial charge in [-0.3, -0.25) is 4.79 Å². The van der Waals surface area contributed by atoms with Gasteiger partial charge in [-0.2, -0.15) is 0 Å². The maximum absolute atomic E-state index is 12.5. The normalized spacial score (nSPS) is 11.9. The van der Waals surface area contributed by atoms with E-state index in [0.29, 0.717) is 33.6 Å². The highest BCUT2D eigenvalue weighted by atomic mass is 35.5. The molecule has 6 nitrogen and oxygen atoms in total. The van der Waals surface area contributed by atoms with Crippen LogP contribution in [-0.4, -0.2) is 17.7 Å². The van der Waals surface area contributed by atoms with Crippen molar-refractivity contribution < 1.29 is 14.3 Å². The van der Waals surface area contributed by atoms with E-state index >= 15 is 0 Å². The van der Waals surface area contributed by atoms with E-state index in [1.165, 1.54) is 0 Å². The number of ether oxygens (including phenoxy) is 2. The van der Waals surface area contributed by atoms with Gasteiger partial charge < -0.3 is 20.1 Å². The van der Waals surface area contributed by atoms with E-state index < -0.39 is 0 Å². The summed E-state index contributed by atoms with van der Waals surface area (Å²) in [5.74, 6) is 1.58. The molecule has 3 aromatic rings. The number of halogens is 1. The minimum Gasteiger partial charge on any atom is -0.454 e. The number of pyridine rings is 1. The Kier molecular flexibility index (Phi) is 4.33. The maximum Gasteiger partial charge on any atom is 0.255 e. The van der Waals surface area contributed by atoms with Gasteiger partial charge in [0.25, 0.3) is 5.91 Å². The fourth-order valence-electron chi connectivity index (χ4n) is 2.53. The summed E-state index contributed by atoms with van der Waals surface area (Å²) in [5.41, 5.74) is 1.89. The number of carbonyl (C=O) groups excluding carboxylic acids is 1. The molecule has 2 aromatic carbocycles. The van der Waals surface area contributed by atoms with Gasteiger partial charge in [0.2, 0.25) is 6.79 Å². The van der Waals surface area contributed by atoms with Crippen LogP contribution < -0.4 is 20.1 Å². The Morgan fingerprint density at radius 3 is 2.77 bits per heavy atom. The lowest BCUT2D eigenvalue weighted by Crippen LogP contribution is -2.12. The van der Waals surface area contributed by atoms with Gasteiger partial charge in [0.1, 0.15) is 5.82 Å². The zero-order valence-electron chi connectivity index (χ0n) is 13.5. The first-order valence-corrected chi connectivity index (χ1v) is 8.25. The average Bonchev–Trinajstić information content (AvgIpc) is 3.10. The molecule has 26 heavy (non-hydrogen) atoms. The molecule has 1 aliphatic heterocycles. The van der Waals surface area contributed by atoms with Crippen molar-refractivity contribution >= 4 is 34.7 Å². The van der Waals surface area contributed by atoms with E-state index in [2.05, 4.69) is 15.6 Å². The molecular formula is C19H14ClN3O3. The number of nitrogens with one attached hydrogen (secondary N) is 2. The highest BCUT2D eigenvalue weighted by Gasteiger charge is 2.15. The van der Waals surface area contributed by atoms with Crippen molar-refractivity contribution in [3.8, 4) is 11.5 Å². The number of fused-ring (bicyclic) bond motifs is 1. The molecule has 130 valence electrons. The molecule has 2 heterocycles. The standard InChI is InChI=1S/C19H14ClN3O3/c20-13-2-1-3-14(9-13)22-18-8-12(6-7-21-18)19(24)23-15-4-5-16-17(10-15)26-11-25-16/h1-10H,11H2,(H,21,22)(H,23,24). The molecule has 4 rings (SSSR count). The van der Waals surface area contributed by atoms with Crippen LogP contribution >= 0.6 is 11.6 Å². The van der Waals surface area contributed by atoms with Crippen molar-refractivity contribution in [2.45, 2.75) is 0 Å². The Morgan fingerprint density at radius 2 is 1.88 bits per heavy atom. The number of hydrogen-bond acceptors (Lipinski definition) is 5. The van der Waals surface area contributed by atoms with E-state index in [0.717, 1.165) is 5.69 Å². The van der Waals surface area contributed by atoms with Gasteiger partial charge in [0.15, 0.2) is 11.5 Å². The second-order valence-electron chi connectivity index (χ2n) is 5.59. The number of benzene rings is 2. The summed E-state index contributed by atoms with van der Waals surface area (Å²) in [5, 5.41) is 6.58. The summed E-state index contributed by atoms with van der Waals surface area (Å²) in [7, 11) is 0. The molecule has 0 atom stereocenters. The highest BCUT2D eigenvalue weighted by Crippen LogP contribution is 2.34. The topological polar surface area (TPSA) is 72.5 Å². The van der Waals surface area contributed by atoms with Crippen LogP contribution in [0.1, 0.15) is 10.4 Å². The van der Waals surface area contributed by atoms with Crippen LogP contribution in [0.5, 0.6) is 11.5 Å². The molecule has 0 fully saturated rings. The van der Waals surface area contributed by atoms with Gasteiger partial charge in [-0.15, -0.1) is 0 Å². The Balaban J connectivity index is 1.49. The molecule has 1 aromatic heterocycles. The van der Waals surface area contributed by atoms with Crippen LogP contribution in [0.15, 0.2) is 60.8 Å². The molecule has 0 spiro atoms. The van der Waals surface area contributed by atoms with Gasteiger partial charge >= 0.3 is 0 Å². The lowest BCUT2D eigenvalue weighted by molar-refractivity contribution is 0.102. The van der Waals surface area contributed by atoms with Crippen LogP contribution in [0, 0.1) is 0 Å². The summed E-state index contributed by atoms with van der Waals surface area (Å²) in [4.78, 5) is 16.7. The zero-order chi connectivity index (χ0) is 17.9. The van der Waals surface area contributed by atoms with E-state index in [9.17, 15) is 4.79 Å². The summed E-state index contributed by atoms with van der Waals surface area (Å²) in [6.45, 7) is 0.190. The van der Waals surface area contributed by atoms with Crippen LogP contribution in [-0.2, 0) is 0 Å². The first-order chi connectivity index (χ1) is 12.7. The minimum atomic E-state index is -0.250. The number of aromatic nitrogens is 1. The van der Waals surface area contributed by atoms with Gasteiger partial charge in [-0.05, 0) is 42.5 Å². The minimum absolute atomic E-state index is 0.190. The number of anilines is 3. The predicted octanol–water partition coefficient (Wildman–Crippen LogP) is 4.46. The van der Waals surface area contributed by atoms with Crippen molar-refractivity contribution in [3.63, 3.8) is 0 Å². The number of hydrogen-bond donors (Lipinski definition) is 2. The van der Waals surface area contributed by atoms with E-state index in [1.54, 1.807) is 48.7 Å². The molecular weight excluding hydrogens is 354 g/mol. The van der Waals surface area contributed by atoms with Crippen LogP contribution in [0.25, 0.3) is 0 Å². The lowest BCUT2D eigenvalue weighted by Gasteiger charge is -2.09. The largest absolute Gasteiger partial charge is 0.454 e. The van der Waals surface area contributed by atoms with Gasteiger partial charge in [-0.1, -0.05) is 17.7 Å². The third-order valence-corrected chi connectivity index (χ3v) is 3.98. The van der Waals surface area contributed by atoms with Crippen molar-refractivity contribution in [3.05, 3.63) is 71.4 Å². The monoisotopic (exact) mass is 367 g/mol. The Bertz CT molecular complexity index is 978. The first-order valence-electron chi connectivity index (χ1n) is 7.87. The number of amides is 1. The summed E-state index contributed by atoms with van der Waals surface area (Å²) in [6.07, 6.45) is 1.57. The molecule has 1 amide bonds. The smallest absolute Gasteiger partial charge is 0.255 e. The first kappa shape index (κ1) is 16.2. The number of rotatable bonds is 4. The molecule has 0 saturated carbocycles. The van der Waals surface area contributed by atoms with Crippen LogP contribution in [0.2, 0.25) is 5.02 Å². The molecule has 0 bridgehead atoms. The number of carbonyl (C=O) groups is 1. The Morgan fingerprint density at radius 1 is 1.00 bits per heavy atom. The molecule has 0 unspecified atom stereocenters. The SMILES string of the molecule is O=C(Nc1ccc2c(c1)OCO2)c1ccnc(Nc2cccc(Cl)c2)c1.